The number of benzene rings is 1. The molecule has 1 aliphatic heterocycles. The number of nitrogens with zero attached hydrogens (tertiary/aromatic N) is 2. The maximum atomic E-state index is 6.37. The number of rotatable bonds is 4. The van der Waals surface area contributed by atoms with Crippen LogP contribution in [0.2, 0.25) is 5.02 Å². The van der Waals surface area contributed by atoms with Gasteiger partial charge >= 0.3 is 0 Å². The number of halogens is 1. The smallest absolute Gasteiger partial charge is 0.0471 e. The van der Waals surface area contributed by atoms with Crippen LogP contribution in [0, 0.1) is 0 Å². The lowest BCUT2D eigenvalue weighted by atomic mass is 10.1. The van der Waals surface area contributed by atoms with Gasteiger partial charge in [-0.05, 0) is 38.2 Å². The molecule has 2 rings (SSSR count). The lowest BCUT2D eigenvalue weighted by molar-refractivity contribution is 0.234. The SMILES string of the molecule is CCNCc1ccc(N2CCN(C)C(C)C2)cc1Cl. The van der Waals surface area contributed by atoms with Crippen molar-refractivity contribution in [3.8, 4) is 0 Å². The van der Waals surface area contributed by atoms with Crippen molar-refractivity contribution in [1.29, 1.82) is 0 Å². The number of nitrogens with one attached hydrogen (secondary N) is 1. The minimum absolute atomic E-state index is 0.592. The first-order chi connectivity index (χ1) is 9.11. The average Bonchev–Trinajstić information content (AvgIpc) is 2.40. The van der Waals surface area contributed by atoms with Crippen molar-refractivity contribution in [3.05, 3.63) is 28.8 Å². The predicted molar refractivity (Wildman–Crippen MR) is 83.1 cm³/mol. The van der Waals surface area contributed by atoms with E-state index in [-0.39, 0.29) is 0 Å². The molecular weight excluding hydrogens is 258 g/mol. The summed E-state index contributed by atoms with van der Waals surface area (Å²) in [6.07, 6.45) is 0. The number of hydrogen-bond acceptors (Lipinski definition) is 3. The molecule has 1 aliphatic rings. The maximum Gasteiger partial charge on any atom is 0.0471 e. The quantitative estimate of drug-likeness (QED) is 0.915. The van der Waals surface area contributed by atoms with Gasteiger partial charge in [0.25, 0.3) is 0 Å². The molecule has 0 bridgehead atoms. The van der Waals surface area contributed by atoms with Gasteiger partial charge in [-0.1, -0.05) is 24.6 Å². The summed E-state index contributed by atoms with van der Waals surface area (Å²) >= 11 is 6.37. The number of piperazine rings is 1. The van der Waals surface area contributed by atoms with Crippen LogP contribution in [0.5, 0.6) is 0 Å². The van der Waals surface area contributed by atoms with Crippen LogP contribution in [-0.2, 0) is 6.54 Å². The van der Waals surface area contributed by atoms with Crippen LogP contribution in [0.1, 0.15) is 19.4 Å². The molecule has 0 aromatic heterocycles. The molecule has 106 valence electrons. The molecule has 1 unspecified atom stereocenters. The Hall–Kier alpha value is -0.770. The Balaban J connectivity index is 2.07. The Bertz CT molecular complexity index is 422. The largest absolute Gasteiger partial charge is 0.369 e. The predicted octanol–water partition coefficient (Wildman–Crippen LogP) is 2.59. The summed E-state index contributed by atoms with van der Waals surface area (Å²) in [5.74, 6) is 0. The summed E-state index contributed by atoms with van der Waals surface area (Å²) in [4.78, 5) is 4.82. The van der Waals surface area contributed by atoms with Crippen LogP contribution in [0.25, 0.3) is 0 Å². The third-order valence-electron chi connectivity index (χ3n) is 3.93. The van der Waals surface area contributed by atoms with E-state index in [1.807, 2.05) is 0 Å². The lowest BCUT2D eigenvalue weighted by Crippen LogP contribution is -2.50. The normalized spacial score (nSPS) is 20.8. The van der Waals surface area contributed by atoms with E-state index in [9.17, 15) is 0 Å². The van der Waals surface area contributed by atoms with Crippen molar-refractivity contribution >= 4 is 17.3 Å². The molecule has 1 saturated heterocycles. The fraction of sp³-hybridized carbons (Fsp3) is 0.600. The van der Waals surface area contributed by atoms with Gasteiger partial charge in [0, 0.05) is 42.9 Å². The first kappa shape index (κ1) is 14.6. The molecule has 0 saturated carbocycles. The Labute approximate surface area is 121 Å². The van der Waals surface area contributed by atoms with Crippen molar-refractivity contribution in [1.82, 2.24) is 10.2 Å². The van der Waals surface area contributed by atoms with Gasteiger partial charge in [-0.15, -0.1) is 0 Å². The Morgan fingerprint density at radius 3 is 2.79 bits per heavy atom. The molecule has 0 aliphatic carbocycles. The van der Waals surface area contributed by atoms with E-state index in [0.717, 1.165) is 37.7 Å². The van der Waals surface area contributed by atoms with Gasteiger partial charge < -0.3 is 15.1 Å². The Morgan fingerprint density at radius 2 is 2.16 bits per heavy atom. The minimum atomic E-state index is 0.592. The number of likely N-dealkylation sites (N-methyl/N-ethyl adjacent to an activating group) is 1. The van der Waals surface area contributed by atoms with Crippen LogP contribution in [-0.4, -0.2) is 44.2 Å². The second kappa shape index (κ2) is 6.60. The Morgan fingerprint density at radius 1 is 1.37 bits per heavy atom. The lowest BCUT2D eigenvalue weighted by Gasteiger charge is -2.39. The molecule has 19 heavy (non-hydrogen) atoms. The van der Waals surface area contributed by atoms with Crippen molar-refractivity contribution in [2.75, 3.05) is 38.1 Å². The van der Waals surface area contributed by atoms with E-state index >= 15 is 0 Å². The van der Waals surface area contributed by atoms with Crippen molar-refractivity contribution < 1.29 is 0 Å². The second-order valence-electron chi connectivity index (χ2n) is 5.33. The van der Waals surface area contributed by atoms with E-state index in [2.05, 4.69) is 54.2 Å². The monoisotopic (exact) mass is 281 g/mol. The molecular formula is C15H24ClN3. The van der Waals surface area contributed by atoms with E-state index in [4.69, 9.17) is 11.6 Å². The van der Waals surface area contributed by atoms with Crippen LogP contribution in [0.15, 0.2) is 18.2 Å². The first-order valence-corrected chi connectivity index (χ1v) is 7.44. The molecule has 1 atom stereocenters. The zero-order valence-electron chi connectivity index (χ0n) is 12.1. The molecule has 4 heteroatoms. The summed E-state index contributed by atoms with van der Waals surface area (Å²) in [5.41, 5.74) is 2.42. The summed E-state index contributed by atoms with van der Waals surface area (Å²) in [6.45, 7) is 9.44. The van der Waals surface area contributed by atoms with Gasteiger partial charge in [-0.2, -0.15) is 0 Å². The van der Waals surface area contributed by atoms with E-state index in [0.29, 0.717) is 6.04 Å². The zero-order valence-corrected chi connectivity index (χ0v) is 12.9. The third-order valence-corrected chi connectivity index (χ3v) is 4.28. The van der Waals surface area contributed by atoms with E-state index in [1.54, 1.807) is 0 Å². The molecule has 0 spiro atoms. The summed E-state index contributed by atoms with van der Waals surface area (Å²) < 4.78 is 0. The topological polar surface area (TPSA) is 18.5 Å². The molecule has 1 fully saturated rings. The average molecular weight is 282 g/mol. The Kier molecular flexibility index (Phi) is 5.08. The number of anilines is 1. The minimum Gasteiger partial charge on any atom is -0.369 e. The van der Waals surface area contributed by atoms with Crippen LogP contribution >= 0.6 is 11.6 Å². The highest BCUT2D eigenvalue weighted by molar-refractivity contribution is 6.31. The fourth-order valence-corrected chi connectivity index (χ4v) is 2.66. The van der Waals surface area contributed by atoms with Crippen molar-refractivity contribution in [2.45, 2.75) is 26.4 Å². The zero-order chi connectivity index (χ0) is 13.8. The van der Waals surface area contributed by atoms with Crippen molar-refractivity contribution in [2.24, 2.45) is 0 Å². The molecule has 1 aromatic rings. The van der Waals surface area contributed by atoms with Gasteiger partial charge in [-0.3, -0.25) is 0 Å². The highest BCUT2D eigenvalue weighted by Gasteiger charge is 2.21. The highest BCUT2D eigenvalue weighted by Crippen LogP contribution is 2.25. The summed E-state index contributed by atoms with van der Waals surface area (Å²) in [7, 11) is 2.19. The fourth-order valence-electron chi connectivity index (χ4n) is 2.42. The van der Waals surface area contributed by atoms with Crippen LogP contribution in [0.4, 0.5) is 5.69 Å². The molecule has 3 nitrogen and oxygen atoms in total. The summed E-state index contributed by atoms with van der Waals surface area (Å²) in [5, 5.41) is 4.18. The van der Waals surface area contributed by atoms with Gasteiger partial charge in [0.1, 0.15) is 0 Å². The van der Waals surface area contributed by atoms with E-state index < -0.39 is 0 Å². The van der Waals surface area contributed by atoms with Gasteiger partial charge in [-0.25, -0.2) is 0 Å². The van der Waals surface area contributed by atoms with Gasteiger partial charge in [0.15, 0.2) is 0 Å². The third kappa shape index (κ3) is 3.62. The van der Waals surface area contributed by atoms with Gasteiger partial charge in [0.05, 0.1) is 0 Å². The van der Waals surface area contributed by atoms with Crippen LogP contribution in [0.3, 0.4) is 0 Å². The molecule has 1 heterocycles. The van der Waals surface area contributed by atoms with E-state index in [1.165, 1.54) is 11.3 Å². The molecule has 1 N–H and O–H groups in total. The first-order valence-electron chi connectivity index (χ1n) is 7.06. The van der Waals surface area contributed by atoms with Crippen LogP contribution < -0.4 is 10.2 Å². The van der Waals surface area contributed by atoms with Gasteiger partial charge in [0.2, 0.25) is 0 Å². The molecule has 0 radical (unpaired) electrons. The standard InChI is InChI=1S/C15H24ClN3/c1-4-17-10-13-5-6-14(9-15(13)16)19-8-7-18(3)12(2)11-19/h5-6,9,12,17H,4,7-8,10-11H2,1-3H3. The maximum absolute atomic E-state index is 6.37. The number of hydrogen-bond donors (Lipinski definition) is 1. The summed E-state index contributed by atoms with van der Waals surface area (Å²) in [6, 6.07) is 7.03. The second-order valence-corrected chi connectivity index (χ2v) is 5.74. The highest BCUT2D eigenvalue weighted by atomic mass is 35.5. The molecule has 0 amide bonds. The van der Waals surface area contributed by atoms with Crippen molar-refractivity contribution in [3.63, 3.8) is 0 Å². The molecule has 1 aromatic carbocycles.